The van der Waals surface area contributed by atoms with Gasteiger partial charge in [0.05, 0.1) is 23.2 Å². The highest BCUT2D eigenvalue weighted by Crippen LogP contribution is 2.31. The first-order valence-electron chi connectivity index (χ1n) is 7.68. The van der Waals surface area contributed by atoms with Crippen LogP contribution in [0.15, 0.2) is 42.5 Å². The summed E-state index contributed by atoms with van der Waals surface area (Å²) in [6.07, 6.45) is -3.89. The third-order valence-corrected chi connectivity index (χ3v) is 4.20. The smallest absolute Gasteiger partial charge is 0.383 e. The van der Waals surface area contributed by atoms with Crippen molar-refractivity contribution in [2.45, 2.75) is 19.1 Å². The van der Waals surface area contributed by atoms with Gasteiger partial charge in [-0.2, -0.15) is 13.2 Å². The van der Waals surface area contributed by atoms with E-state index in [0.717, 1.165) is 17.7 Å². The molecule has 3 aromatic rings. The van der Waals surface area contributed by atoms with Crippen LogP contribution in [0.3, 0.4) is 0 Å². The lowest BCUT2D eigenvalue weighted by Crippen LogP contribution is -2.09. The van der Waals surface area contributed by atoms with Crippen LogP contribution < -0.4 is 0 Å². The first-order chi connectivity index (χ1) is 11.9. The van der Waals surface area contributed by atoms with Crippen molar-refractivity contribution >= 4 is 22.6 Å². The molecule has 3 nitrogen and oxygen atoms in total. The van der Waals surface area contributed by atoms with Gasteiger partial charge in [0.2, 0.25) is 0 Å². The Kier molecular flexibility index (Phi) is 5.01. The van der Waals surface area contributed by atoms with Gasteiger partial charge >= 0.3 is 6.18 Å². The quantitative estimate of drug-likeness (QED) is 0.637. The highest BCUT2D eigenvalue weighted by atomic mass is 35.5. The Hall–Kier alpha value is -2.05. The second-order valence-electron chi connectivity index (χ2n) is 5.68. The minimum absolute atomic E-state index is 0.329. The fourth-order valence-corrected chi connectivity index (χ4v) is 2.83. The number of nitrogens with zero attached hydrogens (tertiary/aromatic N) is 2. The molecule has 0 N–H and O–H groups in total. The number of methoxy groups -OCH3 is 1. The van der Waals surface area contributed by atoms with E-state index in [4.69, 9.17) is 16.3 Å². The summed E-state index contributed by atoms with van der Waals surface area (Å²) in [6, 6.07) is 10.9. The van der Waals surface area contributed by atoms with Gasteiger partial charge < -0.3 is 9.30 Å². The molecule has 0 bridgehead atoms. The van der Waals surface area contributed by atoms with Gasteiger partial charge in [0, 0.05) is 25.1 Å². The number of aromatic nitrogens is 2. The molecule has 0 aliphatic heterocycles. The summed E-state index contributed by atoms with van der Waals surface area (Å²) in [7, 11) is 1.58. The van der Waals surface area contributed by atoms with Crippen LogP contribution >= 0.6 is 11.6 Å². The van der Waals surface area contributed by atoms with E-state index in [-0.39, 0.29) is 0 Å². The number of fused-ring (bicyclic) bond motifs is 1. The lowest BCUT2D eigenvalue weighted by molar-refractivity contribution is -0.137. The van der Waals surface area contributed by atoms with Crippen LogP contribution in [0.1, 0.15) is 17.0 Å². The maximum absolute atomic E-state index is 12.9. The predicted molar refractivity (Wildman–Crippen MR) is 90.9 cm³/mol. The van der Waals surface area contributed by atoms with Crippen molar-refractivity contribution in [1.82, 2.24) is 9.55 Å². The molecule has 0 saturated carbocycles. The van der Waals surface area contributed by atoms with Crippen molar-refractivity contribution in [3.63, 3.8) is 0 Å². The van der Waals surface area contributed by atoms with Gasteiger partial charge in [0.15, 0.2) is 0 Å². The Morgan fingerprint density at radius 3 is 2.48 bits per heavy atom. The third-order valence-electron chi connectivity index (χ3n) is 3.95. The Labute approximate surface area is 148 Å². The summed E-state index contributed by atoms with van der Waals surface area (Å²) in [5, 5.41) is 0.631. The van der Waals surface area contributed by atoms with Gasteiger partial charge in [-0.15, -0.1) is 0 Å². The Morgan fingerprint density at radius 1 is 1.12 bits per heavy atom. The van der Waals surface area contributed by atoms with E-state index in [0.29, 0.717) is 41.5 Å². The van der Waals surface area contributed by atoms with Crippen molar-refractivity contribution in [1.29, 1.82) is 0 Å². The minimum atomic E-state index is -4.39. The zero-order valence-corrected chi connectivity index (χ0v) is 14.2. The Balaban J connectivity index is 2.03. The van der Waals surface area contributed by atoms with Crippen LogP contribution in [0.4, 0.5) is 13.2 Å². The summed E-state index contributed by atoms with van der Waals surface area (Å²) in [6.45, 7) is 0.960. The maximum atomic E-state index is 12.9. The van der Waals surface area contributed by atoms with E-state index >= 15 is 0 Å². The van der Waals surface area contributed by atoms with Crippen molar-refractivity contribution in [2.24, 2.45) is 0 Å². The number of benzene rings is 2. The molecular formula is C18H16ClF3N2O. The number of hydrogen-bond acceptors (Lipinski definition) is 2. The molecule has 0 unspecified atom stereocenters. The molecule has 0 amide bonds. The van der Waals surface area contributed by atoms with Gasteiger partial charge in [-0.05, 0) is 35.9 Å². The molecular weight excluding hydrogens is 353 g/mol. The summed E-state index contributed by atoms with van der Waals surface area (Å²) < 4.78 is 45.8. The summed E-state index contributed by atoms with van der Waals surface area (Å²) in [4.78, 5) is 4.43. The number of ether oxygens (including phenoxy) is 1. The zero-order valence-electron chi connectivity index (χ0n) is 13.5. The normalized spacial score (nSPS) is 12.0. The van der Waals surface area contributed by atoms with Crippen LogP contribution in [-0.4, -0.2) is 23.3 Å². The summed E-state index contributed by atoms with van der Waals surface area (Å²) in [5.41, 5.74) is 1.27. The largest absolute Gasteiger partial charge is 0.416 e. The van der Waals surface area contributed by atoms with Crippen molar-refractivity contribution in [3.05, 3.63) is 64.4 Å². The van der Waals surface area contributed by atoms with E-state index in [1.807, 2.05) is 16.7 Å². The first kappa shape index (κ1) is 17.8. The molecule has 0 saturated heterocycles. The summed E-state index contributed by atoms with van der Waals surface area (Å²) >= 11 is 5.89. The maximum Gasteiger partial charge on any atom is 0.416 e. The van der Waals surface area contributed by atoms with Crippen molar-refractivity contribution < 1.29 is 17.9 Å². The third kappa shape index (κ3) is 3.96. The molecule has 132 valence electrons. The fourth-order valence-electron chi connectivity index (χ4n) is 2.71. The SMILES string of the molecule is COCCn1c(Cc2ccc(Cl)cc2)nc2cc(C(F)(F)F)ccc21. The molecule has 0 radical (unpaired) electrons. The van der Waals surface area contributed by atoms with Crippen molar-refractivity contribution in [2.75, 3.05) is 13.7 Å². The second-order valence-corrected chi connectivity index (χ2v) is 6.11. The molecule has 2 aromatic carbocycles. The molecule has 25 heavy (non-hydrogen) atoms. The standard InChI is InChI=1S/C18H16ClF3N2O/c1-25-9-8-24-16-7-4-13(18(20,21)22)11-15(16)23-17(24)10-12-2-5-14(19)6-3-12/h2-7,11H,8-10H2,1H3. The van der Waals surface area contributed by atoms with Crippen LogP contribution in [0.25, 0.3) is 11.0 Å². The average molecular weight is 369 g/mol. The lowest BCUT2D eigenvalue weighted by Gasteiger charge is -2.09. The molecule has 0 fully saturated rings. The predicted octanol–water partition coefficient (Wildman–Crippen LogP) is 4.95. The highest BCUT2D eigenvalue weighted by Gasteiger charge is 2.31. The molecule has 0 spiro atoms. The Bertz CT molecular complexity index is 872. The molecule has 1 aromatic heterocycles. The average Bonchev–Trinajstić information content (AvgIpc) is 2.90. The topological polar surface area (TPSA) is 27.1 Å². The van der Waals surface area contributed by atoms with E-state index in [1.165, 1.54) is 6.07 Å². The number of halogens is 4. The van der Waals surface area contributed by atoms with Gasteiger partial charge in [0.1, 0.15) is 5.82 Å². The Morgan fingerprint density at radius 2 is 1.84 bits per heavy atom. The van der Waals surface area contributed by atoms with Crippen LogP contribution in [0.5, 0.6) is 0 Å². The number of alkyl halides is 3. The molecule has 0 aliphatic carbocycles. The monoisotopic (exact) mass is 368 g/mol. The first-order valence-corrected chi connectivity index (χ1v) is 8.06. The van der Waals surface area contributed by atoms with Gasteiger partial charge in [-0.25, -0.2) is 4.98 Å². The highest BCUT2D eigenvalue weighted by molar-refractivity contribution is 6.30. The number of hydrogen-bond donors (Lipinski definition) is 0. The molecule has 7 heteroatoms. The lowest BCUT2D eigenvalue weighted by atomic mass is 10.1. The van der Waals surface area contributed by atoms with E-state index in [9.17, 15) is 13.2 Å². The second kappa shape index (κ2) is 7.06. The summed E-state index contributed by atoms with van der Waals surface area (Å²) in [5.74, 6) is 0.689. The minimum Gasteiger partial charge on any atom is -0.383 e. The van der Waals surface area contributed by atoms with Crippen LogP contribution in [-0.2, 0) is 23.9 Å². The fraction of sp³-hybridized carbons (Fsp3) is 0.278. The van der Waals surface area contributed by atoms with Crippen molar-refractivity contribution in [3.8, 4) is 0 Å². The van der Waals surface area contributed by atoms with Gasteiger partial charge in [0.25, 0.3) is 0 Å². The van der Waals surface area contributed by atoms with E-state index < -0.39 is 11.7 Å². The van der Waals surface area contributed by atoms with Gasteiger partial charge in [-0.1, -0.05) is 23.7 Å². The van der Waals surface area contributed by atoms with Gasteiger partial charge in [-0.3, -0.25) is 0 Å². The molecule has 0 aliphatic rings. The van der Waals surface area contributed by atoms with E-state index in [1.54, 1.807) is 19.2 Å². The van der Waals surface area contributed by atoms with E-state index in [2.05, 4.69) is 4.98 Å². The number of rotatable bonds is 5. The molecule has 1 heterocycles. The molecule has 0 atom stereocenters. The zero-order chi connectivity index (χ0) is 18.0. The number of imidazole rings is 1. The van der Waals surface area contributed by atoms with Crippen LogP contribution in [0.2, 0.25) is 5.02 Å². The van der Waals surface area contributed by atoms with Crippen LogP contribution in [0, 0.1) is 0 Å². The molecule has 3 rings (SSSR count).